The molecule has 0 radical (unpaired) electrons. The van der Waals surface area contributed by atoms with E-state index in [1.165, 1.54) is 0 Å². The van der Waals surface area contributed by atoms with Gasteiger partial charge in [0, 0.05) is 0 Å². The van der Waals surface area contributed by atoms with Gasteiger partial charge in [0.15, 0.2) is 0 Å². The van der Waals surface area contributed by atoms with E-state index in [4.69, 9.17) is 6.42 Å². The normalized spacial score (nSPS) is 7.00. The minimum atomic E-state index is 1.02. The number of hydrogen-bond acceptors (Lipinski definition) is 1. The summed E-state index contributed by atoms with van der Waals surface area (Å²) in [7, 11) is 0. The van der Waals surface area contributed by atoms with Crippen molar-refractivity contribution < 1.29 is 0 Å². The number of terminal acetylenes is 1. The van der Waals surface area contributed by atoms with Crippen molar-refractivity contribution in [3.63, 3.8) is 0 Å². The van der Waals surface area contributed by atoms with Gasteiger partial charge in [0.25, 0.3) is 0 Å². The lowest BCUT2D eigenvalue weighted by Gasteiger charge is -1.69. The first-order valence-corrected chi connectivity index (χ1v) is 3.31. The predicted octanol–water partition coefficient (Wildman–Crippen LogP) is 1.73. The minimum Gasteiger partial charge on any atom is -0.135 e. The molecule has 9 heavy (non-hydrogen) atoms. The molecule has 0 aliphatic rings. The van der Waals surface area contributed by atoms with Crippen molar-refractivity contribution in [3.8, 4) is 24.2 Å². The summed E-state index contributed by atoms with van der Waals surface area (Å²) < 4.78 is 0. The molecule has 1 rings (SSSR count). The third-order valence-electron chi connectivity index (χ3n) is 0.779. The van der Waals surface area contributed by atoms with Gasteiger partial charge >= 0.3 is 0 Å². The van der Waals surface area contributed by atoms with Crippen molar-refractivity contribution in [2.45, 2.75) is 0 Å². The summed E-state index contributed by atoms with van der Waals surface area (Å²) in [5.41, 5.74) is 0. The molecule has 1 aromatic heterocycles. The Bertz CT molecular complexity index is 264. The maximum absolute atomic E-state index is 4.93. The van der Waals surface area contributed by atoms with E-state index in [9.17, 15) is 0 Å². The van der Waals surface area contributed by atoms with Gasteiger partial charge in [-0.1, -0.05) is 6.07 Å². The molecule has 0 nitrogen and oxygen atoms in total. The molecule has 0 atom stereocenters. The highest BCUT2D eigenvalue weighted by atomic mass is 32.1. The number of rotatable bonds is 0. The van der Waals surface area contributed by atoms with Crippen LogP contribution in [-0.2, 0) is 0 Å². The lowest BCUT2D eigenvalue weighted by Crippen LogP contribution is -1.55. The van der Waals surface area contributed by atoms with Gasteiger partial charge in [0.05, 0.1) is 4.88 Å². The zero-order valence-corrected chi connectivity index (χ0v) is 5.53. The van der Waals surface area contributed by atoms with Gasteiger partial charge < -0.3 is 0 Å². The standard InChI is InChI=1S/C8H4S/c1-2-3-5-8-6-4-7-9-8/h1,4,6-7H. The molecular formula is C8H4S. The molecule has 0 aliphatic carbocycles. The molecule has 0 aromatic carbocycles. The molecule has 42 valence electrons. The molecule has 0 saturated heterocycles. The van der Waals surface area contributed by atoms with Crippen LogP contribution in [0, 0.1) is 24.2 Å². The molecule has 0 aliphatic heterocycles. The molecular weight excluding hydrogens is 128 g/mol. The fourth-order valence-corrected chi connectivity index (χ4v) is 1.02. The second-order valence-electron chi connectivity index (χ2n) is 1.37. The van der Waals surface area contributed by atoms with Crippen molar-refractivity contribution in [1.82, 2.24) is 0 Å². The first-order chi connectivity index (χ1) is 4.43. The lowest BCUT2D eigenvalue weighted by atomic mass is 10.4. The monoisotopic (exact) mass is 132 g/mol. The summed E-state index contributed by atoms with van der Waals surface area (Å²) >= 11 is 1.59. The smallest absolute Gasteiger partial charge is 0.0778 e. The molecule has 0 fully saturated rings. The molecule has 1 aromatic rings. The SMILES string of the molecule is C#CC#Cc1cccs1. The van der Waals surface area contributed by atoms with E-state index >= 15 is 0 Å². The molecule has 0 amide bonds. The lowest BCUT2D eigenvalue weighted by molar-refractivity contribution is 1.94. The summed E-state index contributed by atoms with van der Waals surface area (Å²) in [4.78, 5) is 1.02. The van der Waals surface area contributed by atoms with E-state index in [0.29, 0.717) is 0 Å². The van der Waals surface area contributed by atoms with Crippen LogP contribution in [-0.4, -0.2) is 0 Å². The van der Waals surface area contributed by atoms with Crippen molar-refractivity contribution in [3.05, 3.63) is 22.4 Å². The van der Waals surface area contributed by atoms with E-state index in [-0.39, 0.29) is 0 Å². The Morgan fingerprint density at radius 1 is 1.56 bits per heavy atom. The van der Waals surface area contributed by atoms with Crippen LogP contribution in [0.1, 0.15) is 4.88 Å². The highest BCUT2D eigenvalue weighted by Crippen LogP contribution is 2.04. The summed E-state index contributed by atoms with van der Waals surface area (Å²) in [5.74, 6) is 7.60. The molecule has 0 saturated carbocycles. The Labute approximate surface area is 58.5 Å². The topological polar surface area (TPSA) is 0 Å². The fraction of sp³-hybridized carbons (Fsp3) is 0. The van der Waals surface area contributed by atoms with Gasteiger partial charge in [-0.25, -0.2) is 0 Å². The largest absolute Gasteiger partial charge is 0.135 e. The van der Waals surface area contributed by atoms with Gasteiger partial charge in [-0.15, -0.1) is 17.8 Å². The molecule has 0 unspecified atom stereocenters. The van der Waals surface area contributed by atoms with E-state index in [1.807, 2.05) is 17.5 Å². The van der Waals surface area contributed by atoms with Crippen LogP contribution in [0.25, 0.3) is 0 Å². The molecule has 0 spiro atoms. The Morgan fingerprint density at radius 3 is 3.00 bits per heavy atom. The fourth-order valence-electron chi connectivity index (χ4n) is 0.447. The van der Waals surface area contributed by atoms with Crippen LogP contribution in [0.4, 0.5) is 0 Å². The number of thiophene rings is 1. The van der Waals surface area contributed by atoms with Crippen LogP contribution >= 0.6 is 11.3 Å². The van der Waals surface area contributed by atoms with Crippen LogP contribution in [0.15, 0.2) is 17.5 Å². The Hall–Kier alpha value is -1.18. The van der Waals surface area contributed by atoms with Crippen LogP contribution in [0.5, 0.6) is 0 Å². The zero-order valence-electron chi connectivity index (χ0n) is 4.72. The van der Waals surface area contributed by atoms with Crippen molar-refractivity contribution in [2.75, 3.05) is 0 Å². The van der Waals surface area contributed by atoms with Gasteiger partial charge in [-0.3, -0.25) is 0 Å². The van der Waals surface area contributed by atoms with Crippen LogP contribution < -0.4 is 0 Å². The Balaban J connectivity index is 2.82. The Kier molecular flexibility index (Phi) is 1.96. The molecule has 1 heterocycles. The third kappa shape index (κ3) is 1.64. The van der Waals surface area contributed by atoms with E-state index in [2.05, 4.69) is 17.8 Å². The van der Waals surface area contributed by atoms with Crippen molar-refractivity contribution >= 4 is 11.3 Å². The quantitative estimate of drug-likeness (QED) is 0.472. The molecule has 0 bridgehead atoms. The highest BCUT2D eigenvalue weighted by molar-refractivity contribution is 7.10. The summed E-state index contributed by atoms with van der Waals surface area (Å²) in [5, 5.41) is 1.97. The first kappa shape index (κ1) is 5.95. The van der Waals surface area contributed by atoms with Gasteiger partial charge in [0.2, 0.25) is 0 Å². The van der Waals surface area contributed by atoms with Crippen LogP contribution in [0.3, 0.4) is 0 Å². The first-order valence-electron chi connectivity index (χ1n) is 2.43. The second-order valence-corrected chi connectivity index (χ2v) is 2.32. The van der Waals surface area contributed by atoms with E-state index in [1.54, 1.807) is 11.3 Å². The average Bonchev–Trinajstić information content (AvgIpc) is 2.34. The Morgan fingerprint density at radius 2 is 2.44 bits per heavy atom. The highest BCUT2D eigenvalue weighted by Gasteiger charge is 1.81. The van der Waals surface area contributed by atoms with Gasteiger partial charge in [0.1, 0.15) is 0 Å². The summed E-state index contributed by atoms with van der Waals surface area (Å²) in [6.45, 7) is 0. The van der Waals surface area contributed by atoms with Crippen LogP contribution in [0.2, 0.25) is 0 Å². The average molecular weight is 132 g/mol. The molecule has 1 heteroatoms. The van der Waals surface area contributed by atoms with Gasteiger partial charge in [-0.2, -0.15) is 0 Å². The summed E-state index contributed by atoms with van der Waals surface area (Å²) in [6, 6.07) is 3.89. The minimum absolute atomic E-state index is 1.02. The maximum atomic E-state index is 4.93. The third-order valence-corrected chi connectivity index (χ3v) is 1.56. The van der Waals surface area contributed by atoms with Gasteiger partial charge in [-0.05, 0) is 29.2 Å². The maximum Gasteiger partial charge on any atom is 0.0778 e. The van der Waals surface area contributed by atoms with E-state index < -0.39 is 0 Å². The summed E-state index contributed by atoms with van der Waals surface area (Å²) in [6.07, 6.45) is 4.93. The van der Waals surface area contributed by atoms with Crippen molar-refractivity contribution in [2.24, 2.45) is 0 Å². The van der Waals surface area contributed by atoms with Crippen molar-refractivity contribution in [1.29, 1.82) is 0 Å². The number of hydrogen-bond donors (Lipinski definition) is 0. The van der Waals surface area contributed by atoms with E-state index in [0.717, 1.165) is 4.88 Å². The zero-order chi connectivity index (χ0) is 6.53. The second kappa shape index (κ2) is 2.97. The predicted molar refractivity (Wildman–Crippen MR) is 40.0 cm³/mol. The molecule has 0 N–H and O–H groups in total.